The molecule has 3 heteroatoms. The Kier molecular flexibility index (Phi) is 6.25. The monoisotopic (exact) mass is 190 g/mol. The molecular formula is C9H18O2S. The summed E-state index contributed by atoms with van der Waals surface area (Å²) < 4.78 is 0. The van der Waals surface area contributed by atoms with Gasteiger partial charge in [-0.3, -0.25) is 4.79 Å². The molecule has 0 aliphatic heterocycles. The van der Waals surface area contributed by atoms with Gasteiger partial charge in [-0.15, -0.1) is 11.8 Å². The van der Waals surface area contributed by atoms with E-state index in [1.54, 1.807) is 11.8 Å². The first-order valence-electron chi connectivity index (χ1n) is 4.53. The zero-order chi connectivity index (χ0) is 9.56. The molecule has 0 radical (unpaired) electrons. The standard InChI is InChI=1S/C9H18O2S/c1-4-7(5-2)12-8(6-3)9(10)11/h7-8H,4-6H2,1-3H3,(H,10,11). The molecule has 0 saturated carbocycles. The van der Waals surface area contributed by atoms with E-state index in [-0.39, 0.29) is 5.25 Å². The van der Waals surface area contributed by atoms with Crippen LogP contribution in [0.2, 0.25) is 0 Å². The Morgan fingerprint density at radius 3 is 2.00 bits per heavy atom. The third-order valence-corrected chi connectivity index (χ3v) is 3.83. The molecule has 12 heavy (non-hydrogen) atoms. The number of hydrogen-bond donors (Lipinski definition) is 1. The first kappa shape index (κ1) is 11.8. The summed E-state index contributed by atoms with van der Waals surface area (Å²) in [6.07, 6.45) is 2.84. The van der Waals surface area contributed by atoms with Gasteiger partial charge in [-0.1, -0.05) is 20.8 Å². The van der Waals surface area contributed by atoms with Crippen molar-refractivity contribution in [2.24, 2.45) is 0 Å². The molecule has 1 N–H and O–H groups in total. The second kappa shape index (κ2) is 6.35. The van der Waals surface area contributed by atoms with Crippen molar-refractivity contribution in [3.8, 4) is 0 Å². The highest BCUT2D eigenvalue weighted by molar-refractivity contribution is 8.01. The normalized spacial score (nSPS) is 13.3. The molecule has 0 heterocycles. The van der Waals surface area contributed by atoms with Gasteiger partial charge in [0.2, 0.25) is 0 Å². The minimum Gasteiger partial charge on any atom is -0.480 e. The van der Waals surface area contributed by atoms with E-state index < -0.39 is 5.97 Å². The quantitative estimate of drug-likeness (QED) is 0.699. The zero-order valence-electron chi connectivity index (χ0n) is 8.04. The topological polar surface area (TPSA) is 37.3 Å². The van der Waals surface area contributed by atoms with Gasteiger partial charge < -0.3 is 5.11 Å². The van der Waals surface area contributed by atoms with Crippen LogP contribution in [0.25, 0.3) is 0 Å². The van der Waals surface area contributed by atoms with Gasteiger partial charge in [0.05, 0.1) is 0 Å². The number of aliphatic carboxylic acids is 1. The molecule has 0 amide bonds. The Bertz CT molecular complexity index is 132. The van der Waals surface area contributed by atoms with Crippen molar-refractivity contribution < 1.29 is 9.90 Å². The van der Waals surface area contributed by atoms with E-state index in [2.05, 4.69) is 13.8 Å². The zero-order valence-corrected chi connectivity index (χ0v) is 8.86. The lowest BCUT2D eigenvalue weighted by molar-refractivity contribution is -0.136. The first-order valence-corrected chi connectivity index (χ1v) is 5.48. The minimum absolute atomic E-state index is 0.213. The molecule has 0 aromatic carbocycles. The van der Waals surface area contributed by atoms with Gasteiger partial charge in [0.25, 0.3) is 0 Å². The SMILES string of the molecule is CCC(CC)SC(CC)C(=O)O. The highest BCUT2D eigenvalue weighted by atomic mass is 32.2. The van der Waals surface area contributed by atoms with Crippen LogP contribution in [-0.2, 0) is 4.79 Å². The van der Waals surface area contributed by atoms with Crippen LogP contribution in [0.1, 0.15) is 40.0 Å². The van der Waals surface area contributed by atoms with E-state index in [0.717, 1.165) is 19.3 Å². The van der Waals surface area contributed by atoms with Crippen LogP contribution >= 0.6 is 11.8 Å². The lowest BCUT2D eigenvalue weighted by atomic mass is 10.3. The largest absolute Gasteiger partial charge is 0.480 e. The Balaban J connectivity index is 3.91. The van der Waals surface area contributed by atoms with Crippen molar-refractivity contribution in [1.29, 1.82) is 0 Å². The fourth-order valence-electron chi connectivity index (χ4n) is 1.04. The van der Waals surface area contributed by atoms with Gasteiger partial charge in [-0.2, -0.15) is 0 Å². The maximum absolute atomic E-state index is 10.7. The van der Waals surface area contributed by atoms with Crippen LogP contribution in [0, 0.1) is 0 Å². The summed E-state index contributed by atoms with van der Waals surface area (Å²) in [6, 6.07) is 0. The van der Waals surface area contributed by atoms with Crippen LogP contribution in [0.15, 0.2) is 0 Å². The van der Waals surface area contributed by atoms with Crippen molar-refractivity contribution in [1.82, 2.24) is 0 Å². The summed E-state index contributed by atoms with van der Waals surface area (Å²) in [5.74, 6) is -0.672. The van der Waals surface area contributed by atoms with E-state index in [1.165, 1.54) is 0 Å². The second-order valence-corrected chi connectivity index (χ2v) is 4.32. The highest BCUT2D eigenvalue weighted by Gasteiger charge is 2.19. The van der Waals surface area contributed by atoms with Gasteiger partial charge in [-0.05, 0) is 19.3 Å². The predicted molar refractivity (Wildman–Crippen MR) is 53.7 cm³/mol. The molecule has 1 atom stereocenters. The Labute approximate surface area is 78.7 Å². The smallest absolute Gasteiger partial charge is 0.316 e. The van der Waals surface area contributed by atoms with Crippen molar-refractivity contribution in [3.05, 3.63) is 0 Å². The van der Waals surface area contributed by atoms with Crippen molar-refractivity contribution >= 4 is 17.7 Å². The summed E-state index contributed by atoms with van der Waals surface area (Å²) in [4.78, 5) is 10.7. The number of carbonyl (C=O) groups is 1. The summed E-state index contributed by atoms with van der Waals surface area (Å²) in [6.45, 7) is 6.14. The Hall–Kier alpha value is -0.180. The first-order chi connectivity index (χ1) is 5.65. The summed E-state index contributed by atoms with van der Waals surface area (Å²) in [5, 5.41) is 9.08. The number of rotatable bonds is 6. The molecule has 0 spiro atoms. The van der Waals surface area contributed by atoms with Gasteiger partial charge >= 0.3 is 5.97 Å². The van der Waals surface area contributed by atoms with Gasteiger partial charge in [0.15, 0.2) is 0 Å². The number of hydrogen-bond acceptors (Lipinski definition) is 2. The van der Waals surface area contributed by atoms with E-state index in [9.17, 15) is 4.79 Å². The number of thioether (sulfide) groups is 1. The maximum atomic E-state index is 10.7. The van der Waals surface area contributed by atoms with Gasteiger partial charge in [0, 0.05) is 5.25 Å². The molecule has 0 aromatic rings. The van der Waals surface area contributed by atoms with Gasteiger partial charge in [0.1, 0.15) is 5.25 Å². The molecule has 72 valence electrons. The molecular weight excluding hydrogens is 172 g/mol. The van der Waals surface area contributed by atoms with E-state index in [0.29, 0.717) is 5.25 Å². The van der Waals surface area contributed by atoms with Crippen LogP contribution in [-0.4, -0.2) is 21.6 Å². The minimum atomic E-state index is -0.672. The van der Waals surface area contributed by atoms with E-state index in [4.69, 9.17) is 5.11 Å². The molecule has 0 saturated heterocycles. The molecule has 0 bridgehead atoms. The highest BCUT2D eigenvalue weighted by Crippen LogP contribution is 2.25. The summed E-state index contributed by atoms with van der Waals surface area (Å²) >= 11 is 1.60. The molecule has 0 aliphatic rings. The molecule has 1 unspecified atom stereocenters. The van der Waals surface area contributed by atoms with E-state index in [1.807, 2.05) is 6.92 Å². The van der Waals surface area contributed by atoms with Crippen molar-refractivity contribution in [3.63, 3.8) is 0 Å². The molecule has 0 aromatic heterocycles. The third kappa shape index (κ3) is 4.00. The fraction of sp³-hybridized carbons (Fsp3) is 0.889. The van der Waals surface area contributed by atoms with Crippen LogP contribution in [0.5, 0.6) is 0 Å². The molecule has 2 nitrogen and oxygen atoms in total. The van der Waals surface area contributed by atoms with Crippen LogP contribution in [0.3, 0.4) is 0 Å². The lowest BCUT2D eigenvalue weighted by Gasteiger charge is -2.16. The lowest BCUT2D eigenvalue weighted by Crippen LogP contribution is -2.18. The van der Waals surface area contributed by atoms with Crippen molar-refractivity contribution in [2.75, 3.05) is 0 Å². The average molecular weight is 190 g/mol. The molecule has 0 rings (SSSR count). The third-order valence-electron chi connectivity index (χ3n) is 1.91. The molecule has 0 aliphatic carbocycles. The Morgan fingerprint density at radius 1 is 1.25 bits per heavy atom. The second-order valence-electron chi connectivity index (χ2n) is 2.81. The molecule has 0 fully saturated rings. The van der Waals surface area contributed by atoms with E-state index >= 15 is 0 Å². The number of carboxylic acids is 1. The summed E-state index contributed by atoms with van der Waals surface area (Å²) in [5.41, 5.74) is 0. The predicted octanol–water partition coefficient (Wildman–Crippen LogP) is 2.77. The fourth-order valence-corrected chi connectivity index (χ4v) is 2.20. The summed E-state index contributed by atoms with van der Waals surface area (Å²) in [7, 11) is 0. The Morgan fingerprint density at radius 2 is 1.75 bits per heavy atom. The maximum Gasteiger partial charge on any atom is 0.316 e. The number of carboxylic acid groups (broad SMARTS) is 1. The van der Waals surface area contributed by atoms with Gasteiger partial charge in [-0.25, -0.2) is 0 Å². The van der Waals surface area contributed by atoms with Crippen LogP contribution in [0.4, 0.5) is 0 Å². The van der Waals surface area contributed by atoms with Crippen LogP contribution < -0.4 is 0 Å². The van der Waals surface area contributed by atoms with Crippen molar-refractivity contribution in [2.45, 2.75) is 50.5 Å². The average Bonchev–Trinajstić information content (AvgIpc) is 2.06.